The summed E-state index contributed by atoms with van der Waals surface area (Å²) in [6.45, 7) is 1.70. The highest BCUT2D eigenvalue weighted by Crippen LogP contribution is 2.19. The molecule has 0 bridgehead atoms. The quantitative estimate of drug-likeness (QED) is 0.553. The molecule has 0 saturated carbocycles. The standard InChI is InChI=1S/C12H13NO3/c1-2-11(14)16-10-6-5-9-8(12(10)15)4-3-7-13-9/h3-7,9-10,13H,2H2,1H3/t9?,10-/m0/s1. The minimum Gasteiger partial charge on any atom is -0.450 e. The number of ketones is 1. The fourth-order valence-corrected chi connectivity index (χ4v) is 1.68. The number of ether oxygens (including phenoxy) is 1. The number of nitrogens with one attached hydrogen (secondary N) is 1. The number of Topliss-reactive ketones (excluding diaryl/α,β-unsaturated/α-hetero) is 1. The molecule has 0 saturated heterocycles. The lowest BCUT2D eigenvalue weighted by Crippen LogP contribution is -2.40. The molecule has 0 amide bonds. The summed E-state index contributed by atoms with van der Waals surface area (Å²) in [5, 5.41) is 3.04. The van der Waals surface area contributed by atoms with Gasteiger partial charge in [0.15, 0.2) is 6.10 Å². The smallest absolute Gasteiger partial charge is 0.306 e. The Morgan fingerprint density at radius 3 is 3.06 bits per heavy atom. The lowest BCUT2D eigenvalue weighted by Gasteiger charge is -2.26. The average molecular weight is 219 g/mol. The second-order valence-corrected chi connectivity index (χ2v) is 3.64. The molecule has 0 aromatic rings. The van der Waals surface area contributed by atoms with Gasteiger partial charge >= 0.3 is 5.97 Å². The van der Waals surface area contributed by atoms with Crippen LogP contribution in [0.4, 0.5) is 0 Å². The topological polar surface area (TPSA) is 55.4 Å². The normalized spacial score (nSPS) is 26.8. The Morgan fingerprint density at radius 2 is 2.31 bits per heavy atom. The van der Waals surface area contributed by atoms with Gasteiger partial charge < -0.3 is 10.1 Å². The van der Waals surface area contributed by atoms with E-state index in [1.165, 1.54) is 0 Å². The minimum absolute atomic E-state index is 0.0888. The van der Waals surface area contributed by atoms with E-state index in [9.17, 15) is 9.59 Å². The molecule has 1 aliphatic carbocycles. The summed E-state index contributed by atoms with van der Waals surface area (Å²) in [6.07, 6.45) is 8.28. The van der Waals surface area contributed by atoms with Gasteiger partial charge in [-0.3, -0.25) is 9.59 Å². The van der Waals surface area contributed by atoms with E-state index < -0.39 is 6.10 Å². The fourth-order valence-electron chi connectivity index (χ4n) is 1.68. The molecule has 4 nitrogen and oxygen atoms in total. The molecule has 0 aromatic carbocycles. The number of allylic oxidation sites excluding steroid dienone is 2. The summed E-state index contributed by atoms with van der Waals surface area (Å²) in [5.74, 6) is -0.507. The molecule has 84 valence electrons. The van der Waals surface area contributed by atoms with E-state index in [0.717, 1.165) is 0 Å². The van der Waals surface area contributed by atoms with E-state index in [4.69, 9.17) is 4.74 Å². The second kappa shape index (κ2) is 4.35. The summed E-state index contributed by atoms with van der Waals surface area (Å²) < 4.78 is 5.03. The van der Waals surface area contributed by atoms with Crippen molar-refractivity contribution in [3.8, 4) is 0 Å². The molecule has 2 rings (SSSR count). The van der Waals surface area contributed by atoms with Crippen LogP contribution in [0.5, 0.6) is 0 Å². The number of esters is 1. The van der Waals surface area contributed by atoms with E-state index in [2.05, 4.69) is 5.32 Å². The van der Waals surface area contributed by atoms with E-state index in [0.29, 0.717) is 5.57 Å². The summed E-state index contributed by atoms with van der Waals surface area (Å²) in [7, 11) is 0. The fraction of sp³-hybridized carbons (Fsp3) is 0.333. The van der Waals surface area contributed by atoms with Crippen molar-refractivity contribution in [3.05, 3.63) is 36.1 Å². The van der Waals surface area contributed by atoms with Crippen molar-refractivity contribution in [1.82, 2.24) is 5.32 Å². The molecule has 0 fully saturated rings. The van der Waals surface area contributed by atoms with Crippen molar-refractivity contribution >= 4 is 11.8 Å². The molecule has 1 unspecified atom stereocenters. The minimum atomic E-state index is -0.761. The summed E-state index contributed by atoms with van der Waals surface area (Å²) in [6, 6.07) is -0.0888. The third-order valence-electron chi connectivity index (χ3n) is 2.55. The predicted octanol–water partition coefficient (Wildman–Crippen LogP) is 0.859. The molecular formula is C12H13NO3. The number of hydrogen-bond donors (Lipinski definition) is 1. The monoisotopic (exact) mass is 219 g/mol. The molecular weight excluding hydrogens is 206 g/mol. The van der Waals surface area contributed by atoms with Crippen LogP contribution in [0.2, 0.25) is 0 Å². The van der Waals surface area contributed by atoms with Crippen molar-refractivity contribution in [2.75, 3.05) is 0 Å². The SMILES string of the molecule is CCC(=O)O[C@H]1C=CC2NC=CC=C2C1=O. The first-order valence-corrected chi connectivity index (χ1v) is 5.27. The van der Waals surface area contributed by atoms with Crippen molar-refractivity contribution < 1.29 is 14.3 Å². The number of dihydropyridines is 1. The van der Waals surface area contributed by atoms with Gasteiger partial charge in [0.05, 0.1) is 6.04 Å². The van der Waals surface area contributed by atoms with Gasteiger partial charge in [0.25, 0.3) is 0 Å². The van der Waals surface area contributed by atoms with Gasteiger partial charge in [-0.15, -0.1) is 0 Å². The molecule has 1 heterocycles. The van der Waals surface area contributed by atoms with Crippen molar-refractivity contribution in [3.63, 3.8) is 0 Å². The molecule has 2 atom stereocenters. The van der Waals surface area contributed by atoms with Gasteiger partial charge in [0.1, 0.15) is 0 Å². The average Bonchev–Trinajstić information content (AvgIpc) is 2.33. The Bertz CT molecular complexity index is 406. The lowest BCUT2D eigenvalue weighted by atomic mass is 9.91. The van der Waals surface area contributed by atoms with Crippen LogP contribution < -0.4 is 5.32 Å². The molecule has 0 spiro atoms. The van der Waals surface area contributed by atoms with E-state index >= 15 is 0 Å². The van der Waals surface area contributed by atoms with Gasteiger partial charge in [-0.1, -0.05) is 19.1 Å². The van der Waals surface area contributed by atoms with Gasteiger partial charge in [-0.2, -0.15) is 0 Å². The Morgan fingerprint density at radius 1 is 1.50 bits per heavy atom. The van der Waals surface area contributed by atoms with Gasteiger partial charge in [0.2, 0.25) is 5.78 Å². The maximum atomic E-state index is 11.9. The van der Waals surface area contributed by atoms with Crippen molar-refractivity contribution in [1.29, 1.82) is 0 Å². The molecule has 16 heavy (non-hydrogen) atoms. The zero-order chi connectivity index (χ0) is 11.5. The molecule has 1 aliphatic heterocycles. The third kappa shape index (κ3) is 1.91. The Labute approximate surface area is 93.7 Å². The van der Waals surface area contributed by atoms with Crippen LogP contribution in [-0.2, 0) is 14.3 Å². The van der Waals surface area contributed by atoms with Crippen LogP contribution in [0, 0.1) is 0 Å². The number of hydrogen-bond acceptors (Lipinski definition) is 4. The van der Waals surface area contributed by atoms with Crippen LogP contribution in [0.1, 0.15) is 13.3 Å². The maximum absolute atomic E-state index is 11.9. The van der Waals surface area contributed by atoms with E-state index in [-0.39, 0.29) is 24.2 Å². The zero-order valence-electron chi connectivity index (χ0n) is 8.97. The molecule has 1 N–H and O–H groups in total. The van der Waals surface area contributed by atoms with Crippen molar-refractivity contribution in [2.24, 2.45) is 0 Å². The summed E-state index contributed by atoms with van der Waals surface area (Å²) >= 11 is 0. The highest BCUT2D eigenvalue weighted by Gasteiger charge is 2.31. The molecule has 0 aromatic heterocycles. The number of rotatable bonds is 2. The third-order valence-corrected chi connectivity index (χ3v) is 2.55. The molecule has 4 heteroatoms. The summed E-state index contributed by atoms with van der Waals surface area (Å²) in [5.41, 5.74) is 0.638. The van der Waals surface area contributed by atoms with E-state index in [1.54, 1.807) is 31.4 Å². The van der Waals surface area contributed by atoms with Crippen LogP contribution in [0.3, 0.4) is 0 Å². The first kappa shape index (κ1) is 10.7. The first-order chi connectivity index (χ1) is 7.72. The van der Waals surface area contributed by atoms with Crippen LogP contribution in [0.25, 0.3) is 0 Å². The summed E-state index contributed by atoms with van der Waals surface area (Å²) in [4.78, 5) is 23.1. The Kier molecular flexibility index (Phi) is 2.90. The van der Waals surface area contributed by atoms with Gasteiger partial charge in [-0.05, 0) is 18.4 Å². The number of fused-ring (bicyclic) bond motifs is 1. The number of carbonyl (C=O) groups is 2. The van der Waals surface area contributed by atoms with Crippen molar-refractivity contribution in [2.45, 2.75) is 25.5 Å². The maximum Gasteiger partial charge on any atom is 0.306 e. The van der Waals surface area contributed by atoms with Crippen LogP contribution in [-0.4, -0.2) is 23.9 Å². The largest absolute Gasteiger partial charge is 0.450 e. The molecule has 0 radical (unpaired) electrons. The zero-order valence-corrected chi connectivity index (χ0v) is 8.97. The van der Waals surface area contributed by atoms with E-state index in [1.807, 2.05) is 6.08 Å². The molecule has 2 aliphatic rings. The first-order valence-electron chi connectivity index (χ1n) is 5.27. The predicted molar refractivity (Wildman–Crippen MR) is 58.5 cm³/mol. The second-order valence-electron chi connectivity index (χ2n) is 3.64. The van der Waals surface area contributed by atoms with Gasteiger partial charge in [-0.25, -0.2) is 0 Å². The highest BCUT2D eigenvalue weighted by molar-refractivity contribution is 6.04. The highest BCUT2D eigenvalue weighted by atomic mass is 16.5. The van der Waals surface area contributed by atoms with Crippen LogP contribution >= 0.6 is 0 Å². The van der Waals surface area contributed by atoms with Gasteiger partial charge in [0, 0.05) is 12.0 Å². The Hall–Kier alpha value is -1.84. The Balaban J connectivity index is 2.16. The lowest BCUT2D eigenvalue weighted by molar-refractivity contribution is -0.151. The number of carbonyl (C=O) groups excluding carboxylic acids is 2. The van der Waals surface area contributed by atoms with Crippen LogP contribution in [0.15, 0.2) is 36.1 Å².